The summed E-state index contributed by atoms with van der Waals surface area (Å²) in [7, 11) is 1.86. The van der Waals surface area contributed by atoms with Gasteiger partial charge < -0.3 is 19.1 Å². The van der Waals surface area contributed by atoms with E-state index in [0.29, 0.717) is 19.0 Å². The van der Waals surface area contributed by atoms with Gasteiger partial charge in [0.05, 0.1) is 18.8 Å². The number of morpholine rings is 1. The molecule has 0 unspecified atom stereocenters. The van der Waals surface area contributed by atoms with E-state index in [1.54, 1.807) is 10.8 Å². The van der Waals surface area contributed by atoms with Crippen LogP contribution in [0, 0.1) is 0 Å². The van der Waals surface area contributed by atoms with Gasteiger partial charge in [0, 0.05) is 32.5 Å². The second kappa shape index (κ2) is 7.60. The van der Waals surface area contributed by atoms with E-state index < -0.39 is 0 Å². The number of hydrogen-bond donors (Lipinski definition) is 0. The number of hydrogen-bond acceptors (Lipinski definition) is 4. The highest BCUT2D eigenvalue weighted by Gasteiger charge is 2.38. The van der Waals surface area contributed by atoms with Crippen molar-refractivity contribution in [2.75, 3.05) is 32.8 Å². The Balaban J connectivity index is 1.64. The molecule has 1 aromatic carbocycles. The second-order valence-electron chi connectivity index (χ2n) is 7.13. The van der Waals surface area contributed by atoms with Crippen molar-refractivity contribution in [2.45, 2.75) is 25.0 Å². The summed E-state index contributed by atoms with van der Waals surface area (Å²) >= 11 is 0. The molecule has 0 saturated carbocycles. The number of ether oxygens (including phenoxy) is 1. The Kier molecular flexibility index (Phi) is 5.04. The molecule has 1 amide bonds. The van der Waals surface area contributed by atoms with Gasteiger partial charge in [-0.15, -0.1) is 0 Å². The third-order valence-electron chi connectivity index (χ3n) is 5.40. The molecule has 0 bridgehead atoms. The van der Waals surface area contributed by atoms with Gasteiger partial charge in [-0.05, 0) is 31.5 Å². The van der Waals surface area contributed by atoms with Crippen molar-refractivity contribution >= 4 is 5.91 Å². The Morgan fingerprint density at radius 2 is 1.96 bits per heavy atom. The number of aromatic nitrogens is 2. The van der Waals surface area contributed by atoms with Crippen LogP contribution in [0.2, 0.25) is 0 Å². The van der Waals surface area contributed by atoms with E-state index in [9.17, 15) is 4.79 Å². The first-order valence-electron chi connectivity index (χ1n) is 9.41. The SMILES string of the molecule is Cn1ccnc1C(=O)N1CCO[C@@H](CN2CCCC2)[C@@H]1c1ccccc1. The Hall–Kier alpha value is -2.18. The van der Waals surface area contributed by atoms with Gasteiger partial charge in [0.1, 0.15) is 0 Å². The molecule has 2 fully saturated rings. The molecule has 0 radical (unpaired) electrons. The normalized spacial score (nSPS) is 24.1. The van der Waals surface area contributed by atoms with Crippen LogP contribution in [0.3, 0.4) is 0 Å². The van der Waals surface area contributed by atoms with Crippen molar-refractivity contribution < 1.29 is 9.53 Å². The monoisotopic (exact) mass is 354 g/mol. The van der Waals surface area contributed by atoms with Crippen LogP contribution in [0.4, 0.5) is 0 Å². The lowest BCUT2D eigenvalue weighted by Gasteiger charge is -2.42. The maximum Gasteiger partial charge on any atom is 0.290 e. The average molecular weight is 354 g/mol. The smallest absolute Gasteiger partial charge is 0.290 e. The molecular weight excluding hydrogens is 328 g/mol. The van der Waals surface area contributed by atoms with Gasteiger partial charge >= 0.3 is 0 Å². The molecule has 6 heteroatoms. The summed E-state index contributed by atoms with van der Waals surface area (Å²) in [5.41, 5.74) is 1.12. The zero-order valence-corrected chi connectivity index (χ0v) is 15.3. The lowest BCUT2D eigenvalue weighted by molar-refractivity contribution is -0.0711. The zero-order chi connectivity index (χ0) is 17.9. The summed E-state index contributed by atoms with van der Waals surface area (Å²) in [6.07, 6.45) is 5.96. The number of likely N-dealkylation sites (tertiary alicyclic amines) is 1. The van der Waals surface area contributed by atoms with Gasteiger partial charge in [0.25, 0.3) is 5.91 Å². The zero-order valence-electron chi connectivity index (χ0n) is 15.3. The molecule has 2 saturated heterocycles. The van der Waals surface area contributed by atoms with Crippen LogP contribution in [-0.4, -0.2) is 64.1 Å². The molecule has 4 rings (SSSR count). The minimum Gasteiger partial charge on any atom is -0.373 e. The van der Waals surface area contributed by atoms with Crippen LogP contribution in [0.1, 0.15) is 35.1 Å². The molecule has 2 atom stereocenters. The third kappa shape index (κ3) is 3.39. The van der Waals surface area contributed by atoms with Crippen LogP contribution < -0.4 is 0 Å². The molecule has 2 aromatic rings. The molecule has 0 spiro atoms. The number of imidazole rings is 1. The molecule has 2 aliphatic rings. The topological polar surface area (TPSA) is 50.6 Å². The molecular formula is C20H26N4O2. The lowest BCUT2D eigenvalue weighted by atomic mass is 9.97. The Morgan fingerprint density at radius 1 is 1.19 bits per heavy atom. The number of carbonyl (C=O) groups is 1. The van der Waals surface area contributed by atoms with Crippen LogP contribution in [0.15, 0.2) is 42.7 Å². The predicted octanol–water partition coefficient (Wildman–Crippen LogP) is 2.10. The van der Waals surface area contributed by atoms with Crippen molar-refractivity contribution in [1.82, 2.24) is 19.4 Å². The minimum atomic E-state index is -0.0882. The third-order valence-corrected chi connectivity index (χ3v) is 5.40. The number of aryl methyl sites for hydroxylation is 1. The Morgan fingerprint density at radius 3 is 2.65 bits per heavy atom. The standard InChI is InChI=1S/C20H26N4O2/c1-22-12-9-21-19(22)20(25)24-13-14-26-17(15-23-10-5-6-11-23)18(24)16-7-3-2-4-8-16/h2-4,7-9,12,17-18H,5-6,10-11,13-15H2,1H3/t17-,18-/m0/s1. The van der Waals surface area contributed by atoms with E-state index in [-0.39, 0.29) is 18.1 Å². The Bertz CT molecular complexity index is 739. The number of rotatable bonds is 4. The first kappa shape index (κ1) is 17.2. The van der Waals surface area contributed by atoms with Gasteiger partial charge in [0.2, 0.25) is 0 Å². The van der Waals surface area contributed by atoms with E-state index in [1.165, 1.54) is 12.8 Å². The lowest BCUT2D eigenvalue weighted by Crippen LogP contribution is -2.52. The molecule has 138 valence electrons. The van der Waals surface area contributed by atoms with E-state index in [1.807, 2.05) is 36.3 Å². The highest BCUT2D eigenvalue weighted by molar-refractivity contribution is 5.91. The number of carbonyl (C=O) groups excluding carboxylic acids is 1. The summed E-state index contributed by atoms with van der Waals surface area (Å²) in [5.74, 6) is 0.453. The molecule has 0 aliphatic carbocycles. The van der Waals surface area contributed by atoms with Crippen molar-refractivity contribution in [3.63, 3.8) is 0 Å². The summed E-state index contributed by atoms with van der Waals surface area (Å²) in [6, 6.07) is 10.2. The molecule has 26 heavy (non-hydrogen) atoms. The van der Waals surface area contributed by atoms with E-state index in [2.05, 4.69) is 22.0 Å². The first-order chi connectivity index (χ1) is 12.7. The largest absolute Gasteiger partial charge is 0.373 e. The van der Waals surface area contributed by atoms with Gasteiger partial charge in [-0.1, -0.05) is 30.3 Å². The summed E-state index contributed by atoms with van der Waals surface area (Å²) in [5, 5.41) is 0. The van der Waals surface area contributed by atoms with Crippen LogP contribution in [-0.2, 0) is 11.8 Å². The van der Waals surface area contributed by atoms with Gasteiger partial charge in [-0.3, -0.25) is 4.79 Å². The highest BCUT2D eigenvalue weighted by atomic mass is 16.5. The Labute approximate surface area is 154 Å². The summed E-state index contributed by atoms with van der Waals surface area (Å²) in [4.78, 5) is 21.9. The van der Waals surface area contributed by atoms with Crippen molar-refractivity contribution in [3.8, 4) is 0 Å². The molecule has 2 aliphatic heterocycles. The van der Waals surface area contributed by atoms with Crippen LogP contribution in [0.25, 0.3) is 0 Å². The number of nitrogens with zero attached hydrogens (tertiary/aromatic N) is 4. The van der Waals surface area contributed by atoms with Gasteiger partial charge in [-0.25, -0.2) is 4.98 Å². The van der Waals surface area contributed by atoms with E-state index >= 15 is 0 Å². The minimum absolute atomic E-state index is 0.0199. The molecule has 6 nitrogen and oxygen atoms in total. The number of amides is 1. The maximum absolute atomic E-state index is 13.2. The first-order valence-corrected chi connectivity index (χ1v) is 9.41. The summed E-state index contributed by atoms with van der Waals surface area (Å²) in [6.45, 7) is 4.26. The predicted molar refractivity (Wildman–Crippen MR) is 98.8 cm³/mol. The highest BCUT2D eigenvalue weighted by Crippen LogP contribution is 2.31. The quantitative estimate of drug-likeness (QED) is 0.844. The molecule has 1 aromatic heterocycles. The van der Waals surface area contributed by atoms with Crippen LogP contribution in [0.5, 0.6) is 0 Å². The molecule has 3 heterocycles. The van der Waals surface area contributed by atoms with E-state index in [0.717, 1.165) is 25.2 Å². The van der Waals surface area contributed by atoms with Crippen molar-refractivity contribution in [1.29, 1.82) is 0 Å². The van der Waals surface area contributed by atoms with Crippen molar-refractivity contribution in [3.05, 3.63) is 54.1 Å². The van der Waals surface area contributed by atoms with Gasteiger partial charge in [-0.2, -0.15) is 0 Å². The molecule has 0 N–H and O–H groups in total. The van der Waals surface area contributed by atoms with Crippen molar-refractivity contribution in [2.24, 2.45) is 7.05 Å². The summed E-state index contributed by atoms with van der Waals surface area (Å²) < 4.78 is 7.96. The average Bonchev–Trinajstić information content (AvgIpc) is 3.33. The fourth-order valence-electron chi connectivity index (χ4n) is 4.08. The number of benzene rings is 1. The fourth-order valence-corrected chi connectivity index (χ4v) is 4.08. The van der Waals surface area contributed by atoms with Crippen LogP contribution >= 0.6 is 0 Å². The fraction of sp³-hybridized carbons (Fsp3) is 0.500. The maximum atomic E-state index is 13.2. The van der Waals surface area contributed by atoms with Gasteiger partial charge in [0.15, 0.2) is 5.82 Å². The second-order valence-corrected chi connectivity index (χ2v) is 7.13. The van der Waals surface area contributed by atoms with E-state index in [4.69, 9.17) is 4.74 Å².